The fraction of sp³-hybridized carbons (Fsp3) is 0.667. The van der Waals surface area contributed by atoms with Crippen molar-refractivity contribution in [3.8, 4) is 0 Å². The molecule has 1 aliphatic rings. The summed E-state index contributed by atoms with van der Waals surface area (Å²) < 4.78 is 0. The minimum absolute atomic E-state index is 0.325. The summed E-state index contributed by atoms with van der Waals surface area (Å²) in [4.78, 5) is 0. The third-order valence-electron chi connectivity index (χ3n) is 5.27. The fourth-order valence-electron chi connectivity index (χ4n) is 3.87. The van der Waals surface area contributed by atoms with Crippen LogP contribution in [0.25, 0.3) is 0 Å². The van der Waals surface area contributed by atoms with Gasteiger partial charge in [0.2, 0.25) is 0 Å². The van der Waals surface area contributed by atoms with Gasteiger partial charge in [-0.15, -0.1) is 0 Å². The van der Waals surface area contributed by atoms with Crippen molar-refractivity contribution in [2.45, 2.75) is 58.3 Å². The van der Waals surface area contributed by atoms with Crippen molar-refractivity contribution in [2.24, 2.45) is 5.41 Å². The van der Waals surface area contributed by atoms with Crippen LogP contribution in [0.3, 0.4) is 0 Å². The minimum Gasteiger partial charge on any atom is -0.316 e. The molecule has 1 aromatic rings. The molecule has 0 heterocycles. The molecular formula is C18H28ClN. The van der Waals surface area contributed by atoms with E-state index in [4.69, 9.17) is 11.6 Å². The van der Waals surface area contributed by atoms with Gasteiger partial charge in [0.25, 0.3) is 0 Å². The molecule has 1 nitrogen and oxygen atoms in total. The second kappa shape index (κ2) is 6.49. The molecular weight excluding hydrogens is 266 g/mol. The van der Waals surface area contributed by atoms with Crippen molar-refractivity contribution in [2.75, 3.05) is 13.1 Å². The van der Waals surface area contributed by atoms with Crippen molar-refractivity contribution in [3.05, 3.63) is 34.9 Å². The third-order valence-corrected chi connectivity index (χ3v) is 5.53. The first-order valence-corrected chi connectivity index (χ1v) is 8.44. The maximum Gasteiger partial charge on any atom is 0.0406 e. The molecule has 0 bridgehead atoms. The molecule has 1 aliphatic carbocycles. The van der Waals surface area contributed by atoms with Gasteiger partial charge < -0.3 is 5.32 Å². The molecule has 0 radical (unpaired) electrons. The van der Waals surface area contributed by atoms with Crippen LogP contribution in [0, 0.1) is 5.41 Å². The van der Waals surface area contributed by atoms with Crippen LogP contribution in [0.2, 0.25) is 5.02 Å². The highest BCUT2D eigenvalue weighted by molar-refractivity contribution is 6.30. The Morgan fingerprint density at radius 2 is 1.65 bits per heavy atom. The topological polar surface area (TPSA) is 12.0 Å². The SMILES string of the molecule is CCCNCC1(c2ccc(Cl)cc2)CC(CC)(CC)C1. The molecule has 2 heteroatoms. The van der Waals surface area contributed by atoms with E-state index in [0.717, 1.165) is 18.1 Å². The summed E-state index contributed by atoms with van der Waals surface area (Å²) in [6, 6.07) is 8.53. The van der Waals surface area contributed by atoms with Crippen LogP contribution < -0.4 is 5.32 Å². The zero-order chi connectivity index (χ0) is 14.6. The van der Waals surface area contributed by atoms with Crippen LogP contribution in [0.15, 0.2) is 24.3 Å². The van der Waals surface area contributed by atoms with Gasteiger partial charge in [-0.05, 0) is 48.9 Å². The standard InChI is InChI=1S/C18H28ClN/c1-4-11-20-14-18(12-17(5-2,6-3)13-18)15-7-9-16(19)10-8-15/h7-10,20H,4-6,11-14H2,1-3H3. The average molecular weight is 294 g/mol. The maximum atomic E-state index is 6.04. The second-order valence-corrected chi connectivity index (χ2v) is 6.96. The van der Waals surface area contributed by atoms with Crippen molar-refractivity contribution >= 4 is 11.6 Å². The monoisotopic (exact) mass is 293 g/mol. The van der Waals surface area contributed by atoms with Crippen LogP contribution >= 0.6 is 11.6 Å². The molecule has 1 fully saturated rings. The summed E-state index contributed by atoms with van der Waals surface area (Å²) in [6.45, 7) is 9.12. The first-order valence-electron chi connectivity index (χ1n) is 8.06. The molecule has 0 unspecified atom stereocenters. The van der Waals surface area contributed by atoms with Crippen LogP contribution in [0.1, 0.15) is 58.4 Å². The number of halogens is 1. The zero-order valence-corrected chi connectivity index (χ0v) is 13.9. The number of hydrogen-bond acceptors (Lipinski definition) is 1. The normalized spacial score (nSPS) is 19.6. The summed E-state index contributed by atoms with van der Waals surface area (Å²) in [7, 11) is 0. The number of nitrogens with one attached hydrogen (secondary N) is 1. The molecule has 0 atom stereocenters. The molecule has 20 heavy (non-hydrogen) atoms. The molecule has 0 amide bonds. The summed E-state index contributed by atoms with van der Waals surface area (Å²) in [5, 5.41) is 4.48. The van der Waals surface area contributed by atoms with E-state index in [0.29, 0.717) is 10.8 Å². The Morgan fingerprint density at radius 1 is 1.05 bits per heavy atom. The highest BCUT2D eigenvalue weighted by Crippen LogP contribution is 2.59. The predicted molar refractivity (Wildman–Crippen MR) is 88.5 cm³/mol. The van der Waals surface area contributed by atoms with Crippen LogP contribution in [0.4, 0.5) is 0 Å². The summed E-state index contributed by atoms with van der Waals surface area (Å²) in [5.41, 5.74) is 2.35. The highest BCUT2D eigenvalue weighted by atomic mass is 35.5. The molecule has 1 saturated carbocycles. The largest absolute Gasteiger partial charge is 0.316 e. The lowest BCUT2D eigenvalue weighted by molar-refractivity contribution is 0.0130. The van der Waals surface area contributed by atoms with Gasteiger partial charge in [0.05, 0.1) is 0 Å². The summed E-state index contributed by atoms with van der Waals surface area (Å²) >= 11 is 6.04. The highest BCUT2D eigenvalue weighted by Gasteiger charge is 2.52. The van der Waals surface area contributed by atoms with E-state index in [1.54, 1.807) is 0 Å². The van der Waals surface area contributed by atoms with E-state index in [1.165, 1.54) is 37.7 Å². The van der Waals surface area contributed by atoms with Crippen molar-refractivity contribution in [1.29, 1.82) is 0 Å². The molecule has 1 aromatic carbocycles. The fourth-order valence-corrected chi connectivity index (χ4v) is 4.00. The Hall–Kier alpha value is -0.530. The van der Waals surface area contributed by atoms with Gasteiger partial charge in [-0.25, -0.2) is 0 Å². The van der Waals surface area contributed by atoms with E-state index in [1.807, 2.05) is 12.1 Å². The van der Waals surface area contributed by atoms with Crippen LogP contribution in [-0.4, -0.2) is 13.1 Å². The smallest absolute Gasteiger partial charge is 0.0406 e. The Balaban J connectivity index is 2.16. The lowest BCUT2D eigenvalue weighted by atomic mass is 9.48. The van der Waals surface area contributed by atoms with E-state index >= 15 is 0 Å². The molecule has 1 N–H and O–H groups in total. The average Bonchev–Trinajstić information content (AvgIpc) is 2.43. The molecule has 2 rings (SSSR count). The van der Waals surface area contributed by atoms with Gasteiger partial charge in [0.1, 0.15) is 0 Å². The Labute approximate surface area is 129 Å². The quantitative estimate of drug-likeness (QED) is 0.683. The molecule has 112 valence electrons. The van der Waals surface area contributed by atoms with Gasteiger partial charge in [0, 0.05) is 17.0 Å². The van der Waals surface area contributed by atoms with Gasteiger partial charge in [-0.1, -0.05) is 57.3 Å². The van der Waals surface area contributed by atoms with Gasteiger partial charge in [-0.3, -0.25) is 0 Å². The summed E-state index contributed by atoms with van der Waals surface area (Å²) in [5.74, 6) is 0. The number of benzene rings is 1. The van der Waals surface area contributed by atoms with E-state index < -0.39 is 0 Å². The zero-order valence-electron chi connectivity index (χ0n) is 13.1. The lowest BCUT2D eigenvalue weighted by Gasteiger charge is -2.57. The molecule has 0 spiro atoms. The van der Waals surface area contributed by atoms with Gasteiger partial charge >= 0.3 is 0 Å². The van der Waals surface area contributed by atoms with E-state index in [9.17, 15) is 0 Å². The first kappa shape index (κ1) is 15.9. The number of hydrogen-bond donors (Lipinski definition) is 1. The van der Waals surface area contributed by atoms with Crippen LogP contribution in [-0.2, 0) is 5.41 Å². The molecule has 0 aliphatic heterocycles. The van der Waals surface area contributed by atoms with Gasteiger partial charge in [-0.2, -0.15) is 0 Å². The Bertz CT molecular complexity index is 412. The predicted octanol–water partition coefficient (Wildman–Crippen LogP) is 5.18. The minimum atomic E-state index is 0.325. The molecule has 0 aromatic heterocycles. The third kappa shape index (κ3) is 3.04. The van der Waals surface area contributed by atoms with Crippen molar-refractivity contribution in [3.63, 3.8) is 0 Å². The molecule has 0 saturated heterocycles. The van der Waals surface area contributed by atoms with Crippen molar-refractivity contribution in [1.82, 2.24) is 5.32 Å². The Kier molecular flexibility index (Phi) is 5.14. The lowest BCUT2D eigenvalue weighted by Crippen LogP contribution is -2.54. The maximum absolute atomic E-state index is 6.04. The summed E-state index contributed by atoms with van der Waals surface area (Å²) in [6.07, 6.45) is 6.42. The first-order chi connectivity index (χ1) is 9.60. The van der Waals surface area contributed by atoms with Crippen LogP contribution in [0.5, 0.6) is 0 Å². The van der Waals surface area contributed by atoms with E-state index in [2.05, 4.69) is 38.2 Å². The van der Waals surface area contributed by atoms with Gasteiger partial charge in [0.15, 0.2) is 0 Å². The second-order valence-electron chi connectivity index (χ2n) is 6.52. The van der Waals surface area contributed by atoms with Crippen molar-refractivity contribution < 1.29 is 0 Å². The van der Waals surface area contributed by atoms with E-state index in [-0.39, 0.29) is 0 Å². The Morgan fingerprint density at radius 3 is 2.15 bits per heavy atom. The number of rotatable bonds is 7.